The standard InChI is InChI=1S/C21H20ClF3N8O/c1-31-18(3-4-27-31)28-17-8-14(15(22)9-26-17)13-7-16-20-30-29-19(11-34-12-21(23,24)25)33(20)6-2-5-32(16)10-13/h3-4,7-10H,2,5-6,11-12H2,1H3,(H,26,28). The van der Waals surface area contributed by atoms with Gasteiger partial charge in [0.05, 0.1) is 16.9 Å². The van der Waals surface area contributed by atoms with Gasteiger partial charge in [-0.3, -0.25) is 4.68 Å². The van der Waals surface area contributed by atoms with E-state index >= 15 is 0 Å². The van der Waals surface area contributed by atoms with Crippen LogP contribution in [0.1, 0.15) is 12.2 Å². The minimum atomic E-state index is -4.39. The number of aryl methyl sites for hydroxylation is 2. The van der Waals surface area contributed by atoms with E-state index in [2.05, 4.69) is 25.6 Å². The summed E-state index contributed by atoms with van der Waals surface area (Å²) in [6, 6.07) is 5.63. The number of pyridine rings is 1. The summed E-state index contributed by atoms with van der Waals surface area (Å²) in [4.78, 5) is 4.35. The molecule has 0 atom stereocenters. The van der Waals surface area contributed by atoms with Crippen molar-refractivity contribution in [3.8, 4) is 22.6 Å². The van der Waals surface area contributed by atoms with Gasteiger partial charge in [0.25, 0.3) is 0 Å². The highest BCUT2D eigenvalue weighted by Gasteiger charge is 2.28. The largest absolute Gasteiger partial charge is 0.411 e. The summed E-state index contributed by atoms with van der Waals surface area (Å²) in [7, 11) is 1.82. The number of halogens is 4. The van der Waals surface area contributed by atoms with Crippen molar-refractivity contribution in [1.82, 2.24) is 34.1 Å². The lowest BCUT2D eigenvalue weighted by atomic mass is 10.1. The lowest BCUT2D eigenvalue weighted by Crippen LogP contribution is -2.18. The number of fused-ring (bicyclic) bond motifs is 3. The van der Waals surface area contributed by atoms with Gasteiger partial charge < -0.3 is 19.2 Å². The van der Waals surface area contributed by atoms with E-state index in [0.717, 1.165) is 29.1 Å². The molecule has 4 aromatic heterocycles. The maximum atomic E-state index is 12.4. The second-order valence-corrected chi connectivity index (χ2v) is 8.28. The van der Waals surface area contributed by atoms with Crippen molar-refractivity contribution >= 4 is 23.2 Å². The van der Waals surface area contributed by atoms with Gasteiger partial charge in [-0.25, -0.2) is 4.98 Å². The van der Waals surface area contributed by atoms with Gasteiger partial charge in [0, 0.05) is 49.7 Å². The molecular formula is C21H20ClF3N8O. The molecule has 34 heavy (non-hydrogen) atoms. The van der Waals surface area contributed by atoms with Crippen LogP contribution in [0.25, 0.3) is 22.6 Å². The van der Waals surface area contributed by atoms with Gasteiger partial charge in [-0.1, -0.05) is 11.6 Å². The average molecular weight is 493 g/mol. The van der Waals surface area contributed by atoms with Gasteiger partial charge >= 0.3 is 6.18 Å². The van der Waals surface area contributed by atoms with Crippen LogP contribution in [0.3, 0.4) is 0 Å². The molecule has 0 radical (unpaired) electrons. The summed E-state index contributed by atoms with van der Waals surface area (Å²) in [5, 5.41) is 16.2. The number of nitrogens with zero attached hydrogens (tertiary/aromatic N) is 7. The Hall–Kier alpha value is -3.38. The monoisotopic (exact) mass is 492 g/mol. The number of ether oxygens (including phenoxy) is 1. The predicted molar refractivity (Wildman–Crippen MR) is 119 cm³/mol. The molecule has 0 aromatic carbocycles. The Morgan fingerprint density at radius 2 is 2.06 bits per heavy atom. The molecule has 9 nitrogen and oxygen atoms in total. The zero-order valence-electron chi connectivity index (χ0n) is 18.1. The molecular weight excluding hydrogens is 473 g/mol. The lowest BCUT2D eigenvalue weighted by molar-refractivity contribution is -0.177. The van der Waals surface area contributed by atoms with Crippen molar-refractivity contribution < 1.29 is 17.9 Å². The summed E-state index contributed by atoms with van der Waals surface area (Å²) in [5.41, 5.74) is 2.44. The van der Waals surface area contributed by atoms with Crippen LogP contribution in [0.4, 0.5) is 24.8 Å². The van der Waals surface area contributed by atoms with Gasteiger partial charge in [-0.2, -0.15) is 18.3 Å². The molecule has 1 aliphatic rings. The van der Waals surface area contributed by atoms with Crippen LogP contribution < -0.4 is 5.32 Å². The van der Waals surface area contributed by atoms with Crippen LogP contribution >= 0.6 is 11.6 Å². The Kier molecular flexibility index (Phi) is 5.78. The topological polar surface area (TPSA) is 87.6 Å². The summed E-state index contributed by atoms with van der Waals surface area (Å²) < 4.78 is 47.7. The van der Waals surface area contributed by atoms with E-state index in [1.165, 1.54) is 0 Å². The van der Waals surface area contributed by atoms with E-state index in [9.17, 15) is 13.2 Å². The van der Waals surface area contributed by atoms with E-state index in [-0.39, 0.29) is 6.61 Å². The summed E-state index contributed by atoms with van der Waals surface area (Å²) in [6.45, 7) is -0.298. The molecule has 1 N–H and O–H groups in total. The first-order valence-corrected chi connectivity index (χ1v) is 10.8. The number of nitrogens with one attached hydrogen (secondary N) is 1. The number of anilines is 2. The molecule has 5 rings (SSSR count). The van der Waals surface area contributed by atoms with Crippen LogP contribution in [0, 0.1) is 0 Å². The van der Waals surface area contributed by atoms with Crippen LogP contribution in [0.15, 0.2) is 36.8 Å². The fourth-order valence-electron chi connectivity index (χ4n) is 3.91. The van der Waals surface area contributed by atoms with E-state index in [1.54, 1.807) is 17.1 Å². The fraction of sp³-hybridized carbons (Fsp3) is 0.333. The van der Waals surface area contributed by atoms with Gasteiger partial charge in [0.1, 0.15) is 24.8 Å². The Bertz CT molecular complexity index is 1330. The second kappa shape index (κ2) is 8.76. The molecule has 0 amide bonds. The number of hydrogen-bond donors (Lipinski definition) is 1. The maximum Gasteiger partial charge on any atom is 0.411 e. The quantitative estimate of drug-likeness (QED) is 0.428. The van der Waals surface area contributed by atoms with Crippen molar-refractivity contribution in [1.29, 1.82) is 0 Å². The SMILES string of the molecule is Cn1nccc1Nc1cc(-c2cc3n(c2)CCCn2c(COCC(F)(F)F)nnc2-3)c(Cl)cn1. The molecule has 5 heterocycles. The van der Waals surface area contributed by atoms with Crippen LogP contribution in [-0.4, -0.2) is 46.9 Å². The van der Waals surface area contributed by atoms with E-state index < -0.39 is 12.8 Å². The first-order chi connectivity index (χ1) is 16.3. The Morgan fingerprint density at radius 3 is 2.82 bits per heavy atom. The van der Waals surface area contributed by atoms with Gasteiger partial charge in [0.15, 0.2) is 11.6 Å². The van der Waals surface area contributed by atoms with Gasteiger partial charge in [-0.15, -0.1) is 10.2 Å². The van der Waals surface area contributed by atoms with E-state index in [0.29, 0.717) is 35.6 Å². The third-order valence-electron chi connectivity index (χ3n) is 5.47. The molecule has 0 bridgehead atoms. The van der Waals surface area contributed by atoms with Crippen molar-refractivity contribution in [3.63, 3.8) is 0 Å². The molecule has 0 saturated heterocycles. The smallest absolute Gasteiger partial charge is 0.364 e. The molecule has 4 aromatic rings. The third kappa shape index (κ3) is 4.50. The number of hydrogen-bond acceptors (Lipinski definition) is 6. The fourth-order valence-corrected chi connectivity index (χ4v) is 4.12. The molecule has 0 saturated carbocycles. The highest BCUT2D eigenvalue weighted by molar-refractivity contribution is 6.33. The average Bonchev–Trinajstić information content (AvgIpc) is 3.46. The normalized spacial score (nSPS) is 13.4. The predicted octanol–water partition coefficient (Wildman–Crippen LogP) is 4.42. The van der Waals surface area contributed by atoms with E-state index in [1.807, 2.05) is 40.6 Å². The minimum absolute atomic E-state index is 0.265. The van der Waals surface area contributed by atoms with Gasteiger partial charge in [0.2, 0.25) is 0 Å². The first-order valence-electron chi connectivity index (χ1n) is 10.5. The summed E-state index contributed by atoms with van der Waals surface area (Å²) in [6.07, 6.45) is 1.61. The summed E-state index contributed by atoms with van der Waals surface area (Å²) in [5.74, 6) is 2.33. The Labute approximate surface area is 197 Å². The van der Waals surface area contributed by atoms with Crippen molar-refractivity contribution in [3.05, 3.63) is 47.6 Å². The second-order valence-electron chi connectivity index (χ2n) is 7.87. The molecule has 0 fully saturated rings. The Morgan fingerprint density at radius 1 is 1.21 bits per heavy atom. The third-order valence-corrected chi connectivity index (χ3v) is 5.78. The molecule has 0 spiro atoms. The number of rotatable bonds is 6. The van der Waals surface area contributed by atoms with Crippen LogP contribution in [-0.2, 0) is 31.5 Å². The highest BCUT2D eigenvalue weighted by atomic mass is 35.5. The Balaban J connectivity index is 1.44. The van der Waals surface area contributed by atoms with Crippen molar-refractivity contribution in [2.75, 3.05) is 11.9 Å². The summed E-state index contributed by atoms with van der Waals surface area (Å²) >= 11 is 6.48. The van der Waals surface area contributed by atoms with Crippen molar-refractivity contribution in [2.24, 2.45) is 7.05 Å². The number of aromatic nitrogens is 7. The zero-order valence-corrected chi connectivity index (χ0v) is 18.8. The first kappa shape index (κ1) is 22.4. The molecule has 13 heteroatoms. The van der Waals surface area contributed by atoms with Crippen LogP contribution in [0.5, 0.6) is 0 Å². The van der Waals surface area contributed by atoms with Crippen LogP contribution in [0.2, 0.25) is 5.02 Å². The zero-order chi connectivity index (χ0) is 23.9. The molecule has 0 unspecified atom stereocenters. The van der Waals surface area contributed by atoms with E-state index in [4.69, 9.17) is 16.3 Å². The minimum Gasteiger partial charge on any atom is -0.364 e. The maximum absolute atomic E-state index is 12.4. The highest BCUT2D eigenvalue weighted by Crippen LogP contribution is 2.35. The lowest BCUT2D eigenvalue weighted by Gasteiger charge is -2.09. The van der Waals surface area contributed by atoms with Crippen molar-refractivity contribution in [2.45, 2.75) is 32.3 Å². The molecule has 178 valence electrons. The molecule has 1 aliphatic heterocycles. The van der Waals surface area contributed by atoms with Gasteiger partial charge in [-0.05, 0) is 18.6 Å². The molecule has 0 aliphatic carbocycles. The number of alkyl halides is 3.